The summed E-state index contributed by atoms with van der Waals surface area (Å²) >= 11 is 0. The second kappa shape index (κ2) is 4.35. The molecule has 0 spiro atoms. The van der Waals surface area contributed by atoms with Crippen LogP contribution < -0.4 is 5.32 Å². The van der Waals surface area contributed by atoms with Gasteiger partial charge in [-0.25, -0.2) is 0 Å². The van der Waals surface area contributed by atoms with Crippen LogP contribution in [0.2, 0.25) is 0 Å². The Morgan fingerprint density at radius 1 is 1.50 bits per heavy atom. The monoisotopic (exact) mass is 219 g/mol. The quantitative estimate of drug-likeness (QED) is 0.825. The Morgan fingerprint density at radius 2 is 2.25 bits per heavy atom. The van der Waals surface area contributed by atoms with Crippen LogP contribution in [0.5, 0.6) is 0 Å². The van der Waals surface area contributed by atoms with E-state index in [2.05, 4.69) is 21.1 Å². The fourth-order valence-corrected chi connectivity index (χ4v) is 2.06. The van der Waals surface area contributed by atoms with Crippen LogP contribution in [-0.4, -0.2) is 11.1 Å². The average molecular weight is 219 g/mol. The number of amides is 1. The number of carbonyl (C=O) groups is 1. The van der Waals surface area contributed by atoms with Crippen molar-refractivity contribution < 1.29 is 9.32 Å². The second-order valence-electron chi connectivity index (χ2n) is 4.09. The van der Waals surface area contributed by atoms with Crippen molar-refractivity contribution in [3.8, 4) is 6.07 Å². The fraction of sp³-hybridized carbons (Fsp3) is 0.545. The highest BCUT2D eigenvalue weighted by Gasteiger charge is 2.40. The Balaban J connectivity index is 2.10. The van der Waals surface area contributed by atoms with Crippen molar-refractivity contribution in [2.45, 2.75) is 32.1 Å². The van der Waals surface area contributed by atoms with E-state index in [0.29, 0.717) is 18.7 Å². The third kappa shape index (κ3) is 1.91. The molecule has 0 unspecified atom stereocenters. The number of hydrogen-bond donors (Lipinski definition) is 1. The Hall–Kier alpha value is -1.83. The van der Waals surface area contributed by atoms with Gasteiger partial charge in [0.15, 0.2) is 5.82 Å². The zero-order valence-corrected chi connectivity index (χ0v) is 8.90. The van der Waals surface area contributed by atoms with Gasteiger partial charge >= 0.3 is 0 Å². The average Bonchev–Trinajstić information content (AvgIpc) is 2.82. The Kier molecular flexibility index (Phi) is 2.91. The summed E-state index contributed by atoms with van der Waals surface area (Å²) < 4.78 is 4.62. The lowest BCUT2D eigenvalue weighted by atomic mass is 9.74. The van der Waals surface area contributed by atoms with Crippen LogP contribution in [0.4, 0.5) is 5.82 Å². The Labute approximate surface area is 93.4 Å². The predicted octanol–water partition coefficient (Wildman–Crippen LogP) is 2.09. The lowest BCUT2D eigenvalue weighted by Crippen LogP contribution is -2.36. The SMILES string of the molecule is N#CC1(C(=O)Nc2ccon2)CCCCC1. The first-order chi connectivity index (χ1) is 7.77. The third-order valence-electron chi connectivity index (χ3n) is 3.04. The van der Waals surface area contributed by atoms with Gasteiger partial charge in [0.25, 0.3) is 0 Å². The lowest BCUT2D eigenvalue weighted by Gasteiger charge is -2.28. The van der Waals surface area contributed by atoms with Gasteiger partial charge in [0.2, 0.25) is 5.91 Å². The minimum atomic E-state index is -0.878. The number of carbonyl (C=O) groups excluding carboxylic acids is 1. The molecule has 1 N–H and O–H groups in total. The molecule has 1 fully saturated rings. The minimum absolute atomic E-state index is 0.261. The number of nitrogens with one attached hydrogen (secondary N) is 1. The van der Waals surface area contributed by atoms with E-state index in [0.717, 1.165) is 19.3 Å². The summed E-state index contributed by atoms with van der Waals surface area (Å²) in [5, 5.41) is 15.4. The van der Waals surface area contributed by atoms with Gasteiger partial charge in [-0.3, -0.25) is 4.79 Å². The van der Waals surface area contributed by atoms with Crippen molar-refractivity contribution in [3.05, 3.63) is 12.3 Å². The second-order valence-corrected chi connectivity index (χ2v) is 4.09. The highest BCUT2D eigenvalue weighted by atomic mass is 16.5. The van der Waals surface area contributed by atoms with E-state index in [-0.39, 0.29) is 5.91 Å². The number of aromatic nitrogens is 1. The number of nitriles is 1. The molecule has 1 amide bonds. The summed E-state index contributed by atoms with van der Waals surface area (Å²) in [6.07, 6.45) is 5.61. The van der Waals surface area contributed by atoms with Gasteiger partial charge in [-0.05, 0) is 12.8 Å². The first-order valence-corrected chi connectivity index (χ1v) is 5.40. The van der Waals surface area contributed by atoms with Crippen molar-refractivity contribution >= 4 is 11.7 Å². The van der Waals surface area contributed by atoms with Crippen molar-refractivity contribution in [1.82, 2.24) is 5.16 Å². The van der Waals surface area contributed by atoms with Gasteiger partial charge < -0.3 is 9.84 Å². The molecule has 2 rings (SSSR count). The van der Waals surface area contributed by atoms with E-state index in [9.17, 15) is 10.1 Å². The molecule has 0 bridgehead atoms. The first-order valence-electron chi connectivity index (χ1n) is 5.40. The molecule has 0 aliphatic heterocycles. The minimum Gasteiger partial charge on any atom is -0.363 e. The molecular formula is C11H13N3O2. The van der Waals surface area contributed by atoms with Crippen LogP contribution in [0, 0.1) is 16.7 Å². The van der Waals surface area contributed by atoms with Crippen LogP contribution in [0.15, 0.2) is 16.9 Å². The van der Waals surface area contributed by atoms with E-state index in [1.165, 1.54) is 6.26 Å². The molecule has 1 aromatic rings. The Bertz CT molecular complexity index is 399. The van der Waals surface area contributed by atoms with Gasteiger partial charge in [0.05, 0.1) is 6.07 Å². The molecule has 5 nitrogen and oxygen atoms in total. The summed E-state index contributed by atoms with van der Waals surface area (Å²) in [7, 11) is 0. The summed E-state index contributed by atoms with van der Waals surface area (Å²) in [6, 6.07) is 3.72. The zero-order valence-electron chi connectivity index (χ0n) is 8.90. The van der Waals surface area contributed by atoms with E-state index in [1.807, 2.05) is 0 Å². The molecule has 5 heteroatoms. The number of nitrogens with zero attached hydrogens (tertiary/aromatic N) is 2. The van der Waals surface area contributed by atoms with Crippen LogP contribution in [0.1, 0.15) is 32.1 Å². The molecule has 1 aliphatic carbocycles. The standard InChI is InChI=1S/C11H13N3O2/c12-8-11(5-2-1-3-6-11)10(15)13-9-4-7-16-14-9/h4,7H,1-3,5-6H2,(H,13,14,15). The topological polar surface area (TPSA) is 78.9 Å². The maximum absolute atomic E-state index is 12.0. The van der Waals surface area contributed by atoms with E-state index in [4.69, 9.17) is 0 Å². The van der Waals surface area contributed by atoms with Crippen LogP contribution >= 0.6 is 0 Å². The Morgan fingerprint density at radius 3 is 2.81 bits per heavy atom. The third-order valence-corrected chi connectivity index (χ3v) is 3.04. The van der Waals surface area contributed by atoms with Crippen molar-refractivity contribution in [3.63, 3.8) is 0 Å². The van der Waals surface area contributed by atoms with Crippen molar-refractivity contribution in [1.29, 1.82) is 5.26 Å². The molecule has 16 heavy (non-hydrogen) atoms. The molecule has 0 radical (unpaired) electrons. The fourth-order valence-electron chi connectivity index (χ4n) is 2.06. The molecule has 1 saturated carbocycles. The largest absolute Gasteiger partial charge is 0.363 e. The summed E-state index contributed by atoms with van der Waals surface area (Å²) in [5.41, 5.74) is -0.878. The van der Waals surface area contributed by atoms with Crippen molar-refractivity contribution in [2.75, 3.05) is 5.32 Å². The molecule has 1 aromatic heterocycles. The highest BCUT2D eigenvalue weighted by molar-refractivity contribution is 5.96. The maximum Gasteiger partial charge on any atom is 0.246 e. The maximum atomic E-state index is 12.0. The summed E-state index contributed by atoms with van der Waals surface area (Å²) in [4.78, 5) is 12.0. The number of rotatable bonds is 2. The van der Waals surface area contributed by atoms with Gasteiger partial charge in [-0.2, -0.15) is 5.26 Å². The number of anilines is 1. The van der Waals surface area contributed by atoms with Gasteiger partial charge in [0, 0.05) is 6.07 Å². The number of hydrogen-bond acceptors (Lipinski definition) is 4. The first kappa shape index (κ1) is 10.7. The van der Waals surface area contributed by atoms with Gasteiger partial charge in [-0.1, -0.05) is 24.4 Å². The normalized spacial score (nSPS) is 18.7. The van der Waals surface area contributed by atoms with Crippen LogP contribution in [0.25, 0.3) is 0 Å². The van der Waals surface area contributed by atoms with Crippen LogP contribution in [-0.2, 0) is 4.79 Å². The molecule has 0 saturated heterocycles. The summed E-state index contributed by atoms with van der Waals surface area (Å²) in [5.74, 6) is 0.105. The zero-order chi connectivity index (χ0) is 11.4. The smallest absolute Gasteiger partial charge is 0.246 e. The van der Waals surface area contributed by atoms with E-state index >= 15 is 0 Å². The molecule has 0 aromatic carbocycles. The predicted molar refractivity (Wildman–Crippen MR) is 56.3 cm³/mol. The van der Waals surface area contributed by atoms with Gasteiger partial charge in [0.1, 0.15) is 11.7 Å². The molecule has 1 aliphatic rings. The van der Waals surface area contributed by atoms with E-state index in [1.54, 1.807) is 6.07 Å². The molecule has 1 heterocycles. The summed E-state index contributed by atoms with van der Waals surface area (Å²) in [6.45, 7) is 0. The van der Waals surface area contributed by atoms with Crippen molar-refractivity contribution in [2.24, 2.45) is 5.41 Å². The van der Waals surface area contributed by atoms with Crippen LogP contribution in [0.3, 0.4) is 0 Å². The lowest BCUT2D eigenvalue weighted by molar-refractivity contribution is -0.124. The van der Waals surface area contributed by atoms with Gasteiger partial charge in [-0.15, -0.1) is 0 Å². The molecular weight excluding hydrogens is 206 g/mol. The highest BCUT2D eigenvalue weighted by Crippen LogP contribution is 2.36. The molecule has 0 atom stereocenters. The molecule has 84 valence electrons. The van der Waals surface area contributed by atoms with E-state index < -0.39 is 5.41 Å².